The number of halogens is 2. The van der Waals surface area contributed by atoms with E-state index in [1.54, 1.807) is 24.1 Å². The van der Waals surface area contributed by atoms with Crippen molar-refractivity contribution in [3.05, 3.63) is 63.9 Å². The van der Waals surface area contributed by atoms with E-state index in [4.69, 9.17) is 0 Å². The van der Waals surface area contributed by atoms with Gasteiger partial charge < -0.3 is 10.0 Å². The van der Waals surface area contributed by atoms with Gasteiger partial charge in [-0.2, -0.15) is 0 Å². The molecule has 2 aromatic rings. The smallest absolute Gasteiger partial charge is 0.251 e. The second-order valence-electron chi connectivity index (χ2n) is 5.50. The molecule has 1 saturated heterocycles. The fourth-order valence-corrected chi connectivity index (χ4v) is 2.97. The minimum Gasteiger partial charge on any atom is -0.391 e. The highest BCUT2D eigenvalue weighted by Crippen LogP contribution is 2.36. The van der Waals surface area contributed by atoms with E-state index >= 15 is 0 Å². The van der Waals surface area contributed by atoms with Crippen LogP contribution in [-0.2, 0) is 7.05 Å². The van der Waals surface area contributed by atoms with Crippen LogP contribution in [-0.4, -0.2) is 22.3 Å². The first-order valence-corrected chi connectivity index (χ1v) is 7.03. The summed E-state index contributed by atoms with van der Waals surface area (Å²) in [4.78, 5) is 13.5. The van der Waals surface area contributed by atoms with Crippen LogP contribution in [0.15, 0.2) is 41.2 Å². The quantitative estimate of drug-likeness (QED) is 0.923. The van der Waals surface area contributed by atoms with Gasteiger partial charge in [0.25, 0.3) is 5.56 Å². The van der Waals surface area contributed by atoms with Crippen molar-refractivity contribution in [3.63, 3.8) is 0 Å². The Labute approximate surface area is 126 Å². The van der Waals surface area contributed by atoms with Crippen molar-refractivity contribution in [2.45, 2.75) is 18.6 Å². The molecule has 1 N–H and O–H groups in total. The van der Waals surface area contributed by atoms with E-state index in [1.807, 2.05) is 0 Å². The molecule has 0 aliphatic carbocycles. The van der Waals surface area contributed by atoms with Crippen LogP contribution >= 0.6 is 0 Å². The Morgan fingerprint density at radius 2 is 2.00 bits per heavy atom. The molecule has 0 saturated carbocycles. The number of pyridine rings is 1. The topological polar surface area (TPSA) is 45.5 Å². The number of aliphatic hydroxyl groups excluding tert-OH is 1. The molecule has 116 valence electrons. The lowest BCUT2D eigenvalue weighted by atomic mass is 10.0. The number of hydrogen-bond donors (Lipinski definition) is 1. The highest BCUT2D eigenvalue weighted by Gasteiger charge is 2.35. The molecular formula is C16H16F2N2O2. The average Bonchev–Trinajstić information content (AvgIpc) is 2.86. The van der Waals surface area contributed by atoms with Crippen molar-refractivity contribution in [1.82, 2.24) is 4.57 Å². The predicted molar refractivity (Wildman–Crippen MR) is 78.8 cm³/mol. The van der Waals surface area contributed by atoms with Gasteiger partial charge in [0.1, 0.15) is 17.5 Å². The van der Waals surface area contributed by atoms with Crippen molar-refractivity contribution in [2.75, 3.05) is 11.4 Å². The number of anilines is 1. The zero-order chi connectivity index (χ0) is 15.9. The van der Waals surface area contributed by atoms with E-state index < -0.39 is 23.8 Å². The maximum Gasteiger partial charge on any atom is 0.251 e. The van der Waals surface area contributed by atoms with Crippen LogP contribution in [0.25, 0.3) is 0 Å². The summed E-state index contributed by atoms with van der Waals surface area (Å²) in [7, 11) is 1.61. The number of benzene rings is 1. The summed E-state index contributed by atoms with van der Waals surface area (Å²) in [6.07, 6.45) is -0.383. The van der Waals surface area contributed by atoms with Gasteiger partial charge in [0.2, 0.25) is 0 Å². The van der Waals surface area contributed by atoms with Gasteiger partial charge in [0.15, 0.2) is 0 Å². The maximum atomic E-state index is 14.1. The van der Waals surface area contributed by atoms with E-state index in [0.717, 1.165) is 18.2 Å². The fraction of sp³-hybridized carbons (Fsp3) is 0.312. The molecule has 1 aliphatic heterocycles. The second-order valence-corrected chi connectivity index (χ2v) is 5.50. The van der Waals surface area contributed by atoms with E-state index in [-0.39, 0.29) is 24.1 Å². The molecule has 0 bridgehead atoms. The predicted octanol–water partition coefficient (Wildman–Crippen LogP) is 1.98. The molecule has 2 atom stereocenters. The van der Waals surface area contributed by atoms with Gasteiger partial charge in [-0.25, -0.2) is 8.78 Å². The summed E-state index contributed by atoms with van der Waals surface area (Å²) < 4.78 is 29.0. The van der Waals surface area contributed by atoms with Gasteiger partial charge >= 0.3 is 0 Å². The molecular weight excluding hydrogens is 290 g/mol. The molecule has 1 aromatic heterocycles. The third-order valence-corrected chi connectivity index (χ3v) is 4.05. The van der Waals surface area contributed by atoms with Crippen molar-refractivity contribution in [3.8, 4) is 0 Å². The Hall–Kier alpha value is -2.21. The molecule has 1 aliphatic rings. The largest absolute Gasteiger partial charge is 0.391 e. The SMILES string of the molecule is Cn1c(N2C[C@H](O)C[C@@H]2c2cc(F)ccc2F)cccc1=O. The maximum absolute atomic E-state index is 14.1. The van der Waals surface area contributed by atoms with Crippen molar-refractivity contribution in [2.24, 2.45) is 7.05 Å². The highest BCUT2D eigenvalue weighted by molar-refractivity contribution is 5.46. The van der Waals surface area contributed by atoms with E-state index in [0.29, 0.717) is 5.82 Å². The molecule has 0 unspecified atom stereocenters. The molecule has 0 radical (unpaired) electrons. The summed E-state index contributed by atoms with van der Waals surface area (Å²) in [6.45, 7) is 0.262. The lowest BCUT2D eigenvalue weighted by molar-refractivity contribution is 0.194. The summed E-state index contributed by atoms with van der Waals surface area (Å²) in [5, 5.41) is 9.97. The second kappa shape index (κ2) is 5.53. The molecule has 0 amide bonds. The number of hydrogen-bond acceptors (Lipinski definition) is 3. The summed E-state index contributed by atoms with van der Waals surface area (Å²) >= 11 is 0. The average molecular weight is 306 g/mol. The Bertz CT molecular complexity index is 760. The zero-order valence-electron chi connectivity index (χ0n) is 12.0. The highest BCUT2D eigenvalue weighted by atomic mass is 19.1. The van der Waals surface area contributed by atoms with Crippen molar-refractivity contribution in [1.29, 1.82) is 0 Å². The Balaban J connectivity index is 2.08. The number of rotatable bonds is 2. The van der Waals surface area contributed by atoms with E-state index in [9.17, 15) is 18.7 Å². The number of nitrogens with zero attached hydrogens (tertiary/aromatic N) is 2. The summed E-state index contributed by atoms with van der Waals surface area (Å²) in [5.41, 5.74) is -0.00907. The fourth-order valence-electron chi connectivity index (χ4n) is 2.97. The zero-order valence-corrected chi connectivity index (χ0v) is 12.0. The van der Waals surface area contributed by atoms with Crippen LogP contribution in [0.3, 0.4) is 0 Å². The van der Waals surface area contributed by atoms with Crippen LogP contribution in [0.4, 0.5) is 14.6 Å². The Kier molecular flexibility index (Phi) is 3.70. The Morgan fingerprint density at radius 3 is 2.77 bits per heavy atom. The lowest BCUT2D eigenvalue weighted by Crippen LogP contribution is -2.31. The van der Waals surface area contributed by atoms with Crippen molar-refractivity contribution < 1.29 is 13.9 Å². The minimum absolute atomic E-state index is 0.188. The third-order valence-electron chi connectivity index (χ3n) is 4.05. The van der Waals surface area contributed by atoms with Crippen LogP contribution < -0.4 is 10.5 Å². The first-order valence-electron chi connectivity index (χ1n) is 7.03. The first kappa shape index (κ1) is 14.7. The molecule has 4 nitrogen and oxygen atoms in total. The van der Waals surface area contributed by atoms with E-state index in [1.165, 1.54) is 10.6 Å². The molecule has 1 fully saturated rings. The van der Waals surface area contributed by atoms with Crippen LogP contribution in [0.2, 0.25) is 0 Å². The number of aromatic nitrogens is 1. The molecule has 1 aromatic carbocycles. The monoisotopic (exact) mass is 306 g/mol. The lowest BCUT2D eigenvalue weighted by Gasteiger charge is -2.28. The van der Waals surface area contributed by atoms with Crippen LogP contribution in [0, 0.1) is 11.6 Å². The van der Waals surface area contributed by atoms with Gasteiger partial charge in [-0.05, 0) is 30.7 Å². The van der Waals surface area contributed by atoms with Crippen molar-refractivity contribution >= 4 is 5.82 Å². The standard InChI is InChI=1S/C16H16F2N2O2/c1-19-15(3-2-4-16(19)22)20-9-11(21)8-14(20)12-7-10(17)5-6-13(12)18/h2-7,11,14,21H,8-9H2,1H3/t11-,14-/m1/s1. The molecule has 6 heteroatoms. The minimum atomic E-state index is -0.664. The molecule has 2 heterocycles. The normalized spacial score (nSPS) is 21.4. The Morgan fingerprint density at radius 1 is 1.23 bits per heavy atom. The summed E-state index contributed by atoms with van der Waals surface area (Å²) in [6, 6.07) is 7.54. The van der Waals surface area contributed by atoms with Gasteiger partial charge in [-0.15, -0.1) is 0 Å². The molecule has 22 heavy (non-hydrogen) atoms. The van der Waals surface area contributed by atoms with Gasteiger partial charge in [0.05, 0.1) is 12.1 Å². The van der Waals surface area contributed by atoms with Crippen LogP contribution in [0.1, 0.15) is 18.0 Å². The van der Waals surface area contributed by atoms with E-state index in [2.05, 4.69) is 0 Å². The van der Waals surface area contributed by atoms with Crippen LogP contribution in [0.5, 0.6) is 0 Å². The molecule has 3 rings (SSSR count). The number of aliphatic hydroxyl groups is 1. The van der Waals surface area contributed by atoms with Gasteiger partial charge in [-0.3, -0.25) is 9.36 Å². The third kappa shape index (κ3) is 2.50. The number of β-amino-alcohol motifs (C(OH)–C–C–N with tert-alkyl or cyclic N) is 1. The first-order chi connectivity index (χ1) is 10.5. The molecule has 0 spiro atoms. The van der Waals surface area contributed by atoms with Gasteiger partial charge in [-0.1, -0.05) is 6.07 Å². The summed E-state index contributed by atoms with van der Waals surface area (Å²) in [5.74, 6) is -0.483. The van der Waals surface area contributed by atoms with Gasteiger partial charge in [0, 0.05) is 25.2 Å².